The average Bonchev–Trinajstić information content (AvgIpc) is 2.68. The lowest BCUT2D eigenvalue weighted by molar-refractivity contribution is 0.102. The van der Waals surface area contributed by atoms with Crippen molar-refractivity contribution in [3.05, 3.63) is 82.8 Å². The maximum atomic E-state index is 13.0. The van der Waals surface area contributed by atoms with Crippen LogP contribution in [0, 0.1) is 0 Å². The third-order valence-electron chi connectivity index (χ3n) is 4.54. The highest BCUT2D eigenvalue weighted by molar-refractivity contribution is 6.11. The molecule has 1 aromatic heterocycles. The Balaban J connectivity index is 1.79. The summed E-state index contributed by atoms with van der Waals surface area (Å²) in [4.78, 5) is 25.6. The molecule has 0 spiro atoms. The molecule has 134 valence electrons. The van der Waals surface area contributed by atoms with Gasteiger partial charge in [0.05, 0.1) is 11.4 Å². The Morgan fingerprint density at radius 1 is 0.926 bits per heavy atom. The molecule has 27 heavy (non-hydrogen) atoms. The molecule has 0 atom stereocenters. The van der Waals surface area contributed by atoms with Crippen LogP contribution in [-0.2, 0) is 0 Å². The molecule has 0 saturated carbocycles. The van der Waals surface area contributed by atoms with E-state index in [1.807, 2.05) is 56.3 Å². The third-order valence-corrected chi connectivity index (χ3v) is 4.54. The van der Waals surface area contributed by atoms with E-state index in [0.29, 0.717) is 16.5 Å². The predicted molar refractivity (Wildman–Crippen MR) is 108 cm³/mol. The first-order valence-electron chi connectivity index (χ1n) is 8.86. The molecule has 4 rings (SSSR count). The van der Waals surface area contributed by atoms with Gasteiger partial charge in [0.15, 0.2) is 5.69 Å². The topological polar surface area (TPSA) is 64.0 Å². The van der Waals surface area contributed by atoms with Crippen LogP contribution in [0.1, 0.15) is 30.4 Å². The second-order valence-corrected chi connectivity index (χ2v) is 6.75. The summed E-state index contributed by atoms with van der Waals surface area (Å²) in [6.45, 7) is 3.74. The lowest BCUT2D eigenvalue weighted by atomic mass is 10.1. The van der Waals surface area contributed by atoms with Crippen molar-refractivity contribution in [2.24, 2.45) is 0 Å². The molecule has 0 aliphatic carbocycles. The van der Waals surface area contributed by atoms with Gasteiger partial charge in [-0.25, -0.2) is 4.68 Å². The fourth-order valence-electron chi connectivity index (χ4n) is 3.18. The molecule has 0 aliphatic heterocycles. The monoisotopic (exact) mass is 357 g/mol. The number of carbonyl (C=O) groups excluding carboxylic acids is 1. The molecule has 3 aromatic carbocycles. The molecule has 5 heteroatoms. The van der Waals surface area contributed by atoms with E-state index >= 15 is 0 Å². The number of benzene rings is 3. The smallest absolute Gasteiger partial charge is 0.276 e. The number of amides is 1. The van der Waals surface area contributed by atoms with Gasteiger partial charge < -0.3 is 5.32 Å². The number of nitrogens with one attached hydrogen (secondary N) is 1. The Labute approximate surface area is 156 Å². The van der Waals surface area contributed by atoms with E-state index in [9.17, 15) is 9.59 Å². The first kappa shape index (κ1) is 17.0. The van der Waals surface area contributed by atoms with Crippen LogP contribution >= 0.6 is 0 Å². The van der Waals surface area contributed by atoms with Crippen molar-refractivity contribution in [1.29, 1.82) is 0 Å². The summed E-state index contributed by atoms with van der Waals surface area (Å²) >= 11 is 0. The zero-order chi connectivity index (χ0) is 19.0. The Bertz CT molecular complexity index is 1230. The van der Waals surface area contributed by atoms with Crippen LogP contribution in [0.4, 0.5) is 5.69 Å². The Morgan fingerprint density at radius 2 is 1.59 bits per heavy atom. The number of nitrogens with zero attached hydrogens (tertiary/aromatic N) is 2. The van der Waals surface area contributed by atoms with Crippen molar-refractivity contribution in [1.82, 2.24) is 9.78 Å². The number of anilines is 1. The number of rotatable bonds is 3. The molecule has 0 saturated heterocycles. The van der Waals surface area contributed by atoms with E-state index in [4.69, 9.17) is 0 Å². The summed E-state index contributed by atoms with van der Waals surface area (Å²) in [7, 11) is 0. The van der Waals surface area contributed by atoms with Crippen molar-refractivity contribution in [2.75, 3.05) is 5.32 Å². The first-order chi connectivity index (χ1) is 13.0. The molecule has 0 bridgehead atoms. The average molecular weight is 357 g/mol. The van der Waals surface area contributed by atoms with Crippen molar-refractivity contribution >= 4 is 33.1 Å². The molecule has 5 nitrogen and oxygen atoms in total. The summed E-state index contributed by atoms with van der Waals surface area (Å²) in [6, 6.07) is 20.6. The van der Waals surface area contributed by atoms with E-state index in [-0.39, 0.29) is 23.2 Å². The Kier molecular flexibility index (Phi) is 4.20. The van der Waals surface area contributed by atoms with Gasteiger partial charge >= 0.3 is 0 Å². The van der Waals surface area contributed by atoms with Crippen LogP contribution in [0.5, 0.6) is 0 Å². The molecule has 4 aromatic rings. The fraction of sp³-hybridized carbons (Fsp3) is 0.136. The highest BCUT2D eigenvalue weighted by Gasteiger charge is 2.18. The van der Waals surface area contributed by atoms with Gasteiger partial charge in [-0.1, -0.05) is 48.5 Å². The van der Waals surface area contributed by atoms with Crippen LogP contribution < -0.4 is 10.9 Å². The van der Waals surface area contributed by atoms with Crippen LogP contribution in [0.3, 0.4) is 0 Å². The second-order valence-electron chi connectivity index (χ2n) is 6.75. The van der Waals surface area contributed by atoms with Gasteiger partial charge in [0.25, 0.3) is 11.5 Å². The largest absolute Gasteiger partial charge is 0.321 e. The van der Waals surface area contributed by atoms with Crippen LogP contribution in [0.15, 0.2) is 71.5 Å². The number of hydrogen-bond acceptors (Lipinski definition) is 3. The quantitative estimate of drug-likeness (QED) is 0.592. The highest BCUT2D eigenvalue weighted by Crippen LogP contribution is 2.21. The standard InChI is InChI=1S/C22H19N3O2/c1-14(2)25-22(27)19-10-6-5-9-18(19)20(24-25)21(26)23-17-12-11-15-7-3-4-8-16(15)13-17/h3-14H,1-2H3,(H,23,26). The van der Waals surface area contributed by atoms with Crippen molar-refractivity contribution in [3.63, 3.8) is 0 Å². The molecule has 1 N–H and O–H groups in total. The normalized spacial score (nSPS) is 11.2. The van der Waals surface area contributed by atoms with Crippen molar-refractivity contribution < 1.29 is 4.79 Å². The second kappa shape index (κ2) is 6.68. The maximum Gasteiger partial charge on any atom is 0.276 e. The predicted octanol–water partition coefficient (Wildman–Crippen LogP) is 4.38. The minimum atomic E-state index is -0.337. The summed E-state index contributed by atoms with van der Waals surface area (Å²) in [6.07, 6.45) is 0. The Morgan fingerprint density at radius 3 is 2.33 bits per heavy atom. The van der Waals surface area contributed by atoms with E-state index in [1.165, 1.54) is 4.68 Å². The van der Waals surface area contributed by atoms with Gasteiger partial charge in [0.2, 0.25) is 0 Å². The zero-order valence-corrected chi connectivity index (χ0v) is 15.1. The SMILES string of the molecule is CC(C)n1nc(C(=O)Nc2ccc3ccccc3c2)c2ccccc2c1=O. The van der Waals surface area contributed by atoms with Crippen LogP contribution in [-0.4, -0.2) is 15.7 Å². The minimum absolute atomic E-state index is 0.144. The molecule has 1 amide bonds. The number of aromatic nitrogens is 2. The van der Waals surface area contributed by atoms with Crippen LogP contribution in [0.2, 0.25) is 0 Å². The van der Waals surface area contributed by atoms with Gasteiger partial charge in [-0.3, -0.25) is 9.59 Å². The van der Waals surface area contributed by atoms with Gasteiger partial charge in [-0.15, -0.1) is 0 Å². The van der Waals surface area contributed by atoms with E-state index < -0.39 is 0 Å². The van der Waals surface area contributed by atoms with Crippen LogP contribution in [0.25, 0.3) is 21.5 Å². The van der Waals surface area contributed by atoms with Gasteiger partial charge in [0, 0.05) is 11.1 Å². The number of hydrogen-bond donors (Lipinski definition) is 1. The van der Waals surface area contributed by atoms with Gasteiger partial charge in [-0.2, -0.15) is 5.10 Å². The van der Waals surface area contributed by atoms with E-state index in [2.05, 4.69) is 10.4 Å². The highest BCUT2D eigenvalue weighted by atomic mass is 16.2. The maximum absolute atomic E-state index is 13.0. The molecule has 0 radical (unpaired) electrons. The summed E-state index contributed by atoms with van der Waals surface area (Å²) in [5, 5.41) is 10.5. The molecule has 0 aliphatic rings. The summed E-state index contributed by atoms with van der Waals surface area (Å²) in [5.41, 5.74) is 0.738. The molecular formula is C22H19N3O2. The fourth-order valence-corrected chi connectivity index (χ4v) is 3.18. The zero-order valence-electron chi connectivity index (χ0n) is 15.1. The van der Waals surface area contributed by atoms with E-state index in [0.717, 1.165) is 10.8 Å². The summed E-state index contributed by atoms with van der Waals surface area (Å²) in [5.74, 6) is -0.337. The van der Waals surface area contributed by atoms with E-state index in [1.54, 1.807) is 24.3 Å². The molecule has 1 heterocycles. The van der Waals surface area contributed by atoms with Crippen molar-refractivity contribution in [2.45, 2.75) is 19.9 Å². The number of carbonyl (C=O) groups is 1. The molecule has 0 fully saturated rings. The first-order valence-corrected chi connectivity index (χ1v) is 8.86. The Hall–Kier alpha value is -3.47. The lowest BCUT2D eigenvalue weighted by Gasteiger charge is -2.13. The van der Waals surface area contributed by atoms with Crippen molar-refractivity contribution in [3.8, 4) is 0 Å². The van der Waals surface area contributed by atoms with Gasteiger partial charge in [-0.05, 0) is 42.8 Å². The lowest BCUT2D eigenvalue weighted by Crippen LogP contribution is -2.28. The summed E-state index contributed by atoms with van der Waals surface area (Å²) < 4.78 is 1.36. The minimum Gasteiger partial charge on any atom is -0.321 e. The molecular weight excluding hydrogens is 338 g/mol. The van der Waals surface area contributed by atoms with Gasteiger partial charge in [0.1, 0.15) is 0 Å². The molecule has 0 unspecified atom stereocenters. The number of fused-ring (bicyclic) bond motifs is 2. The third kappa shape index (κ3) is 3.08.